The molecule has 100 valence electrons. The van der Waals surface area contributed by atoms with Crippen LogP contribution in [0.4, 0.5) is 5.69 Å². The van der Waals surface area contributed by atoms with Gasteiger partial charge in [-0.25, -0.2) is 0 Å². The maximum atomic E-state index is 4.44. The normalized spacial score (nSPS) is 18.2. The number of benzene rings is 1. The van der Waals surface area contributed by atoms with E-state index in [9.17, 15) is 0 Å². The Hall–Kier alpha value is -1.84. The van der Waals surface area contributed by atoms with Crippen molar-refractivity contribution in [2.45, 2.75) is 39.2 Å². The molecule has 0 aliphatic carbocycles. The lowest BCUT2D eigenvalue weighted by atomic mass is 9.90. The standard InChI is InChI=1S/C15H20N4/c1-10(2)19-11(3)17-18-15(19)13-8-9-16-14-7-5-4-6-12(13)14/h4-7,10,13,16H,8-9H2,1-3H3. The Morgan fingerprint density at radius 1 is 1.26 bits per heavy atom. The van der Waals surface area contributed by atoms with Crippen LogP contribution in [0.1, 0.15) is 49.4 Å². The van der Waals surface area contributed by atoms with Crippen LogP contribution in [0.3, 0.4) is 0 Å². The van der Waals surface area contributed by atoms with Gasteiger partial charge in [0.2, 0.25) is 0 Å². The molecule has 1 aliphatic rings. The highest BCUT2D eigenvalue weighted by Gasteiger charge is 2.27. The van der Waals surface area contributed by atoms with Crippen molar-refractivity contribution in [1.82, 2.24) is 14.8 Å². The lowest BCUT2D eigenvalue weighted by molar-refractivity contribution is 0.526. The van der Waals surface area contributed by atoms with Crippen LogP contribution < -0.4 is 5.32 Å². The fourth-order valence-electron chi connectivity index (χ4n) is 3.00. The first-order chi connectivity index (χ1) is 9.18. The topological polar surface area (TPSA) is 42.7 Å². The molecule has 0 fully saturated rings. The zero-order chi connectivity index (χ0) is 13.4. The summed E-state index contributed by atoms with van der Waals surface area (Å²) in [5.74, 6) is 2.45. The molecule has 3 rings (SSSR count). The molecular formula is C15H20N4. The van der Waals surface area contributed by atoms with Gasteiger partial charge in [-0.1, -0.05) is 18.2 Å². The molecule has 1 atom stereocenters. The van der Waals surface area contributed by atoms with Gasteiger partial charge in [0.05, 0.1) is 0 Å². The van der Waals surface area contributed by atoms with Crippen LogP contribution in [0.25, 0.3) is 0 Å². The lowest BCUT2D eigenvalue weighted by Crippen LogP contribution is -2.21. The average molecular weight is 256 g/mol. The number of rotatable bonds is 2. The molecule has 4 heteroatoms. The van der Waals surface area contributed by atoms with Crippen molar-refractivity contribution >= 4 is 5.69 Å². The molecule has 4 nitrogen and oxygen atoms in total. The highest BCUT2D eigenvalue weighted by atomic mass is 15.3. The predicted molar refractivity (Wildman–Crippen MR) is 76.5 cm³/mol. The van der Waals surface area contributed by atoms with Gasteiger partial charge in [-0.3, -0.25) is 0 Å². The maximum Gasteiger partial charge on any atom is 0.140 e. The zero-order valence-corrected chi connectivity index (χ0v) is 11.7. The second kappa shape index (κ2) is 4.68. The van der Waals surface area contributed by atoms with E-state index in [2.05, 4.69) is 58.2 Å². The number of aryl methyl sites for hydroxylation is 1. The molecule has 1 aromatic carbocycles. The van der Waals surface area contributed by atoms with E-state index in [1.807, 2.05) is 6.92 Å². The molecule has 1 aliphatic heterocycles. The third-order valence-corrected chi connectivity index (χ3v) is 3.81. The first-order valence-electron chi connectivity index (χ1n) is 6.92. The number of nitrogens with one attached hydrogen (secondary N) is 1. The van der Waals surface area contributed by atoms with Crippen molar-refractivity contribution in [1.29, 1.82) is 0 Å². The van der Waals surface area contributed by atoms with Crippen molar-refractivity contribution in [2.24, 2.45) is 0 Å². The second-order valence-electron chi connectivity index (χ2n) is 5.42. The van der Waals surface area contributed by atoms with E-state index in [1.165, 1.54) is 11.3 Å². The molecule has 1 N–H and O–H groups in total. The summed E-state index contributed by atoms with van der Waals surface area (Å²) in [7, 11) is 0. The molecule has 0 radical (unpaired) electrons. The van der Waals surface area contributed by atoms with Crippen LogP contribution in [0.2, 0.25) is 0 Å². The van der Waals surface area contributed by atoms with E-state index in [1.54, 1.807) is 0 Å². The van der Waals surface area contributed by atoms with E-state index in [0.29, 0.717) is 12.0 Å². The summed E-state index contributed by atoms with van der Waals surface area (Å²) < 4.78 is 2.26. The van der Waals surface area contributed by atoms with Gasteiger partial charge in [0.1, 0.15) is 11.6 Å². The van der Waals surface area contributed by atoms with Crippen LogP contribution in [0.15, 0.2) is 24.3 Å². The summed E-state index contributed by atoms with van der Waals surface area (Å²) in [5.41, 5.74) is 2.57. The monoisotopic (exact) mass is 256 g/mol. The molecular weight excluding hydrogens is 236 g/mol. The van der Waals surface area contributed by atoms with Gasteiger partial charge in [0.15, 0.2) is 0 Å². The summed E-state index contributed by atoms with van der Waals surface area (Å²) in [6.07, 6.45) is 1.07. The smallest absolute Gasteiger partial charge is 0.140 e. The van der Waals surface area contributed by atoms with Gasteiger partial charge >= 0.3 is 0 Å². The molecule has 1 aromatic heterocycles. The SMILES string of the molecule is Cc1nnc(C2CCNc3ccccc32)n1C(C)C. The van der Waals surface area contributed by atoms with E-state index in [4.69, 9.17) is 0 Å². The Bertz CT molecular complexity index is 586. The van der Waals surface area contributed by atoms with Crippen molar-refractivity contribution in [3.05, 3.63) is 41.5 Å². The van der Waals surface area contributed by atoms with Gasteiger partial charge in [-0.2, -0.15) is 0 Å². The van der Waals surface area contributed by atoms with Crippen molar-refractivity contribution < 1.29 is 0 Å². The maximum absolute atomic E-state index is 4.44. The molecule has 2 aromatic rings. The Morgan fingerprint density at radius 2 is 2.05 bits per heavy atom. The van der Waals surface area contributed by atoms with Gasteiger partial charge in [-0.15, -0.1) is 10.2 Å². The summed E-state index contributed by atoms with van der Waals surface area (Å²) >= 11 is 0. The summed E-state index contributed by atoms with van der Waals surface area (Å²) in [6, 6.07) is 8.91. The van der Waals surface area contributed by atoms with Gasteiger partial charge < -0.3 is 9.88 Å². The van der Waals surface area contributed by atoms with E-state index in [0.717, 1.165) is 24.6 Å². The molecule has 19 heavy (non-hydrogen) atoms. The first-order valence-corrected chi connectivity index (χ1v) is 6.92. The number of hydrogen-bond acceptors (Lipinski definition) is 3. The van der Waals surface area contributed by atoms with Gasteiger partial charge in [0, 0.05) is 24.2 Å². The number of hydrogen-bond donors (Lipinski definition) is 1. The molecule has 2 heterocycles. The molecule has 0 saturated carbocycles. The van der Waals surface area contributed by atoms with E-state index in [-0.39, 0.29) is 0 Å². The van der Waals surface area contributed by atoms with Crippen LogP contribution >= 0.6 is 0 Å². The van der Waals surface area contributed by atoms with Crippen LogP contribution in [-0.2, 0) is 0 Å². The molecule has 1 unspecified atom stereocenters. The van der Waals surface area contributed by atoms with Crippen LogP contribution in [-0.4, -0.2) is 21.3 Å². The summed E-state index contributed by atoms with van der Waals surface area (Å²) in [5, 5.41) is 12.2. The summed E-state index contributed by atoms with van der Waals surface area (Å²) in [4.78, 5) is 0. The highest BCUT2D eigenvalue weighted by Crippen LogP contribution is 2.36. The molecule has 0 saturated heterocycles. The fourth-order valence-corrected chi connectivity index (χ4v) is 3.00. The summed E-state index contributed by atoms with van der Waals surface area (Å²) in [6.45, 7) is 7.40. The van der Waals surface area contributed by atoms with E-state index >= 15 is 0 Å². The Kier molecular flexibility index (Phi) is 3.01. The Morgan fingerprint density at radius 3 is 2.84 bits per heavy atom. The highest BCUT2D eigenvalue weighted by molar-refractivity contribution is 5.56. The lowest BCUT2D eigenvalue weighted by Gasteiger charge is -2.27. The van der Waals surface area contributed by atoms with E-state index < -0.39 is 0 Å². The number of para-hydroxylation sites is 1. The largest absolute Gasteiger partial charge is 0.385 e. The van der Waals surface area contributed by atoms with Gasteiger partial charge in [0.25, 0.3) is 0 Å². The molecule has 0 amide bonds. The number of fused-ring (bicyclic) bond motifs is 1. The minimum atomic E-state index is 0.348. The van der Waals surface area contributed by atoms with Crippen molar-refractivity contribution in [2.75, 3.05) is 11.9 Å². The third kappa shape index (κ3) is 2.01. The number of anilines is 1. The van der Waals surface area contributed by atoms with Crippen LogP contribution in [0.5, 0.6) is 0 Å². The zero-order valence-electron chi connectivity index (χ0n) is 11.7. The molecule has 0 bridgehead atoms. The average Bonchev–Trinajstić information content (AvgIpc) is 2.80. The second-order valence-corrected chi connectivity index (χ2v) is 5.42. The molecule has 0 spiro atoms. The van der Waals surface area contributed by atoms with Crippen molar-refractivity contribution in [3.8, 4) is 0 Å². The quantitative estimate of drug-likeness (QED) is 0.897. The van der Waals surface area contributed by atoms with Crippen LogP contribution in [0, 0.1) is 6.92 Å². The minimum absolute atomic E-state index is 0.348. The van der Waals surface area contributed by atoms with Crippen molar-refractivity contribution in [3.63, 3.8) is 0 Å². The van der Waals surface area contributed by atoms with Gasteiger partial charge in [-0.05, 0) is 38.8 Å². The minimum Gasteiger partial charge on any atom is -0.385 e. The fraction of sp³-hybridized carbons (Fsp3) is 0.467. The first kappa shape index (κ1) is 12.2. The number of aromatic nitrogens is 3. The number of nitrogens with zero attached hydrogens (tertiary/aromatic N) is 3. The Balaban J connectivity index is 2.09. The Labute approximate surface area is 113 Å². The predicted octanol–water partition coefficient (Wildman–Crippen LogP) is 3.11. The third-order valence-electron chi connectivity index (χ3n) is 3.81.